The summed E-state index contributed by atoms with van der Waals surface area (Å²) in [5, 5.41) is 18.7. The van der Waals surface area contributed by atoms with E-state index < -0.39 is 28.2 Å². The second kappa shape index (κ2) is 3.99. The van der Waals surface area contributed by atoms with Gasteiger partial charge in [-0.3, -0.25) is 9.59 Å². The lowest BCUT2D eigenvalue weighted by molar-refractivity contribution is -0.153. The first kappa shape index (κ1) is 14.0. The van der Waals surface area contributed by atoms with Crippen molar-refractivity contribution >= 4 is 11.9 Å². The van der Waals surface area contributed by atoms with Gasteiger partial charge in [-0.15, -0.1) is 0 Å². The van der Waals surface area contributed by atoms with Crippen LogP contribution in [0.3, 0.4) is 0 Å². The van der Waals surface area contributed by atoms with Crippen molar-refractivity contribution in [2.24, 2.45) is 16.2 Å². The van der Waals surface area contributed by atoms with E-state index in [4.69, 9.17) is 0 Å². The maximum atomic E-state index is 11.9. The Bertz CT molecular complexity index is 447. The van der Waals surface area contributed by atoms with E-state index in [0.717, 1.165) is 14.2 Å². The normalized spacial score (nSPS) is 37.0. The summed E-state index contributed by atoms with van der Waals surface area (Å²) in [6.45, 7) is 3.25. The second-order valence-electron chi connectivity index (χ2n) is 4.39. The Hall–Kier alpha value is -2.08. The Morgan fingerprint density at radius 1 is 1.06 bits per heavy atom. The van der Waals surface area contributed by atoms with E-state index in [2.05, 4.69) is 9.47 Å². The van der Waals surface area contributed by atoms with Gasteiger partial charge in [0.05, 0.1) is 26.4 Å². The molecule has 1 aliphatic carbocycles. The number of ether oxygens (including phenoxy) is 2. The number of carbonyl (C=O) groups excluding carboxylic acids is 2. The van der Waals surface area contributed by atoms with Crippen LogP contribution < -0.4 is 0 Å². The summed E-state index contributed by atoms with van der Waals surface area (Å²) >= 11 is 0. The van der Waals surface area contributed by atoms with Crippen LogP contribution in [0.15, 0.2) is 0 Å². The van der Waals surface area contributed by atoms with Gasteiger partial charge < -0.3 is 9.47 Å². The maximum absolute atomic E-state index is 11.9. The zero-order valence-electron chi connectivity index (χ0n) is 10.7. The van der Waals surface area contributed by atoms with Crippen LogP contribution in [0.5, 0.6) is 0 Å². The third-order valence-corrected chi connectivity index (χ3v) is 4.18. The van der Waals surface area contributed by atoms with Gasteiger partial charge in [0, 0.05) is 5.41 Å². The van der Waals surface area contributed by atoms with Crippen LogP contribution in [0.4, 0.5) is 0 Å². The molecule has 0 aromatic heterocycles. The van der Waals surface area contributed by atoms with Gasteiger partial charge in [0.2, 0.25) is 0 Å². The fourth-order valence-electron chi connectivity index (χ4n) is 2.88. The van der Waals surface area contributed by atoms with Gasteiger partial charge >= 0.3 is 11.9 Å². The van der Waals surface area contributed by atoms with Gasteiger partial charge in [0.15, 0.2) is 10.8 Å². The van der Waals surface area contributed by atoms with Crippen molar-refractivity contribution in [2.75, 3.05) is 14.2 Å². The molecule has 2 unspecified atom stereocenters. The van der Waals surface area contributed by atoms with Gasteiger partial charge in [0.25, 0.3) is 0 Å². The highest BCUT2D eigenvalue weighted by Crippen LogP contribution is 2.80. The van der Waals surface area contributed by atoms with Crippen LogP contribution in [0.1, 0.15) is 20.3 Å². The molecule has 96 valence electrons. The summed E-state index contributed by atoms with van der Waals surface area (Å²) in [6, 6.07) is 3.61. The zero-order chi connectivity index (χ0) is 14.2. The summed E-state index contributed by atoms with van der Waals surface area (Å²) < 4.78 is 9.19. The summed E-state index contributed by atoms with van der Waals surface area (Å²) in [6.07, 6.45) is 0.304. The molecule has 0 aliphatic heterocycles. The molecule has 1 rings (SSSR count). The van der Waals surface area contributed by atoms with Crippen LogP contribution in [0.25, 0.3) is 0 Å². The van der Waals surface area contributed by atoms with Crippen molar-refractivity contribution in [1.82, 2.24) is 0 Å². The molecule has 6 nitrogen and oxygen atoms in total. The van der Waals surface area contributed by atoms with Gasteiger partial charge in [0.1, 0.15) is 0 Å². The number of hydrogen-bond acceptors (Lipinski definition) is 6. The average Bonchev–Trinajstić information content (AvgIpc) is 2.92. The molecular weight excluding hydrogens is 236 g/mol. The fraction of sp³-hybridized carbons (Fsp3) is 0.667. The number of rotatable bonds is 3. The second-order valence-corrected chi connectivity index (χ2v) is 4.39. The molecule has 18 heavy (non-hydrogen) atoms. The lowest BCUT2D eigenvalue weighted by Gasteiger charge is -2.09. The van der Waals surface area contributed by atoms with Gasteiger partial charge in [-0.1, -0.05) is 13.8 Å². The summed E-state index contributed by atoms with van der Waals surface area (Å²) in [4.78, 5) is 23.8. The first-order valence-electron chi connectivity index (χ1n) is 5.39. The topological polar surface area (TPSA) is 100 Å². The average molecular weight is 250 g/mol. The minimum absolute atomic E-state index is 0.304. The van der Waals surface area contributed by atoms with Crippen molar-refractivity contribution in [3.63, 3.8) is 0 Å². The molecule has 6 heteroatoms. The molecule has 1 fully saturated rings. The number of nitrogens with zero attached hydrogens (tertiary/aromatic N) is 2. The Kier molecular flexibility index (Phi) is 3.10. The van der Waals surface area contributed by atoms with Crippen LogP contribution in [-0.4, -0.2) is 26.2 Å². The third kappa shape index (κ3) is 1.01. The lowest BCUT2D eigenvalue weighted by Crippen LogP contribution is -2.29. The molecule has 0 radical (unpaired) electrons. The van der Waals surface area contributed by atoms with Crippen molar-refractivity contribution in [1.29, 1.82) is 10.5 Å². The first-order valence-corrected chi connectivity index (χ1v) is 5.39. The molecule has 1 saturated carbocycles. The smallest absolute Gasteiger partial charge is 0.329 e. The highest BCUT2D eigenvalue weighted by atomic mass is 16.5. The van der Waals surface area contributed by atoms with Gasteiger partial charge in [-0.25, -0.2) is 0 Å². The highest BCUT2D eigenvalue weighted by Gasteiger charge is 2.94. The zero-order valence-corrected chi connectivity index (χ0v) is 10.7. The lowest BCUT2D eigenvalue weighted by atomic mass is 9.93. The van der Waals surface area contributed by atoms with Crippen LogP contribution in [0.2, 0.25) is 0 Å². The van der Waals surface area contributed by atoms with Gasteiger partial charge in [-0.05, 0) is 6.42 Å². The minimum atomic E-state index is -1.80. The molecule has 0 aromatic carbocycles. The first-order chi connectivity index (χ1) is 8.39. The monoisotopic (exact) mass is 250 g/mol. The quantitative estimate of drug-likeness (QED) is 0.686. The molecule has 0 aromatic rings. The summed E-state index contributed by atoms with van der Waals surface area (Å²) in [5.41, 5.74) is -4.71. The predicted molar refractivity (Wildman–Crippen MR) is 58.5 cm³/mol. The Labute approximate surface area is 105 Å². The Balaban J connectivity index is 3.56. The standard InChI is InChI=1S/C12H14N2O4/c1-5-10(2)11(6-13,8(15)17-3)12(10,7-14)9(16)18-4/h5H2,1-4H3. The van der Waals surface area contributed by atoms with Crippen LogP contribution in [-0.2, 0) is 19.1 Å². The van der Waals surface area contributed by atoms with Gasteiger partial charge in [-0.2, -0.15) is 10.5 Å². The molecular formula is C12H14N2O4. The van der Waals surface area contributed by atoms with E-state index in [0.29, 0.717) is 6.42 Å². The molecule has 0 saturated heterocycles. The third-order valence-electron chi connectivity index (χ3n) is 4.18. The Morgan fingerprint density at radius 2 is 1.39 bits per heavy atom. The van der Waals surface area contributed by atoms with Crippen LogP contribution >= 0.6 is 0 Å². The van der Waals surface area contributed by atoms with Crippen molar-refractivity contribution in [3.05, 3.63) is 0 Å². The molecule has 0 N–H and O–H groups in total. The molecule has 0 bridgehead atoms. The number of esters is 2. The molecule has 1 aliphatic rings. The van der Waals surface area contributed by atoms with Crippen LogP contribution in [0, 0.1) is 38.9 Å². The summed E-state index contributed by atoms with van der Waals surface area (Å²) in [7, 11) is 2.24. The highest BCUT2D eigenvalue weighted by molar-refractivity contribution is 6.02. The molecule has 2 atom stereocenters. The number of carbonyl (C=O) groups is 2. The Morgan fingerprint density at radius 3 is 1.56 bits per heavy atom. The summed E-state index contributed by atoms with van der Waals surface area (Å²) in [5.74, 6) is -1.75. The largest absolute Gasteiger partial charge is 0.468 e. The van der Waals surface area contributed by atoms with Crippen molar-refractivity contribution in [2.45, 2.75) is 20.3 Å². The maximum Gasteiger partial charge on any atom is 0.329 e. The van der Waals surface area contributed by atoms with Crippen molar-refractivity contribution < 1.29 is 19.1 Å². The van der Waals surface area contributed by atoms with E-state index in [1.54, 1.807) is 26.0 Å². The molecule has 0 amide bonds. The minimum Gasteiger partial charge on any atom is -0.468 e. The number of methoxy groups -OCH3 is 2. The predicted octanol–water partition coefficient (Wildman–Crippen LogP) is 0.782. The van der Waals surface area contributed by atoms with Crippen molar-refractivity contribution in [3.8, 4) is 12.1 Å². The number of nitriles is 2. The molecule has 0 spiro atoms. The SMILES string of the molecule is CCC1(C)C(C#N)(C(=O)OC)C1(C#N)C(=O)OC. The van der Waals surface area contributed by atoms with E-state index in [1.807, 2.05) is 0 Å². The van der Waals surface area contributed by atoms with E-state index >= 15 is 0 Å². The molecule has 0 heterocycles. The number of hydrogen-bond donors (Lipinski definition) is 0. The van der Waals surface area contributed by atoms with E-state index in [1.165, 1.54) is 0 Å². The fourth-order valence-corrected chi connectivity index (χ4v) is 2.88. The van der Waals surface area contributed by atoms with E-state index in [-0.39, 0.29) is 0 Å². The van der Waals surface area contributed by atoms with E-state index in [9.17, 15) is 20.1 Å².